The summed E-state index contributed by atoms with van der Waals surface area (Å²) in [4.78, 5) is 11.8. The standard InChI is InChI=1S/C15H12Cl2N2O/c1-10-2-4-11(5-3-10)9-18-19-15(20)12-6-7-13(16)14(17)8-12/h2-9H,1H3,(H,19,20)/b18-9+. The third-order valence-electron chi connectivity index (χ3n) is 2.64. The molecule has 2 rings (SSSR count). The minimum absolute atomic E-state index is 0.335. The van der Waals surface area contributed by atoms with E-state index in [1.165, 1.54) is 11.6 Å². The van der Waals surface area contributed by atoms with Gasteiger partial charge in [-0.3, -0.25) is 4.79 Å². The van der Waals surface area contributed by atoms with Crippen LogP contribution >= 0.6 is 23.2 Å². The Hall–Kier alpha value is -1.84. The van der Waals surface area contributed by atoms with E-state index in [0.717, 1.165) is 5.56 Å². The quantitative estimate of drug-likeness (QED) is 0.674. The van der Waals surface area contributed by atoms with Crippen molar-refractivity contribution < 1.29 is 4.79 Å². The van der Waals surface area contributed by atoms with Crippen LogP contribution in [-0.4, -0.2) is 12.1 Å². The molecule has 1 amide bonds. The second kappa shape index (κ2) is 6.55. The van der Waals surface area contributed by atoms with E-state index >= 15 is 0 Å². The zero-order valence-corrected chi connectivity index (χ0v) is 12.2. The molecule has 0 heterocycles. The largest absolute Gasteiger partial charge is 0.271 e. The minimum Gasteiger partial charge on any atom is -0.267 e. The summed E-state index contributed by atoms with van der Waals surface area (Å²) in [7, 11) is 0. The number of carbonyl (C=O) groups excluding carboxylic acids is 1. The SMILES string of the molecule is Cc1ccc(/C=N/NC(=O)c2ccc(Cl)c(Cl)c2)cc1. The highest BCUT2D eigenvalue weighted by Crippen LogP contribution is 2.22. The van der Waals surface area contributed by atoms with Crippen molar-refractivity contribution in [2.24, 2.45) is 5.10 Å². The van der Waals surface area contributed by atoms with Crippen molar-refractivity contribution in [1.29, 1.82) is 0 Å². The molecule has 1 N–H and O–H groups in total. The van der Waals surface area contributed by atoms with Crippen LogP contribution in [0.3, 0.4) is 0 Å². The molecule has 102 valence electrons. The van der Waals surface area contributed by atoms with Crippen molar-refractivity contribution in [3.8, 4) is 0 Å². The first-order chi connectivity index (χ1) is 9.56. The Bertz CT molecular complexity index is 651. The highest BCUT2D eigenvalue weighted by molar-refractivity contribution is 6.42. The summed E-state index contributed by atoms with van der Waals surface area (Å²) >= 11 is 11.6. The van der Waals surface area contributed by atoms with Gasteiger partial charge in [0, 0.05) is 5.56 Å². The van der Waals surface area contributed by atoms with Crippen molar-refractivity contribution in [3.63, 3.8) is 0 Å². The fraction of sp³-hybridized carbons (Fsp3) is 0.0667. The molecule has 0 bridgehead atoms. The number of nitrogens with one attached hydrogen (secondary N) is 1. The fourth-order valence-corrected chi connectivity index (χ4v) is 1.82. The summed E-state index contributed by atoms with van der Waals surface area (Å²) in [6, 6.07) is 12.5. The molecule has 0 fully saturated rings. The number of rotatable bonds is 3. The van der Waals surface area contributed by atoms with Gasteiger partial charge in [0.15, 0.2) is 0 Å². The first-order valence-electron chi connectivity index (χ1n) is 5.91. The van der Waals surface area contributed by atoms with Gasteiger partial charge in [-0.2, -0.15) is 5.10 Å². The average Bonchev–Trinajstić information content (AvgIpc) is 2.44. The summed E-state index contributed by atoms with van der Waals surface area (Å²) in [5.74, 6) is -0.341. The van der Waals surface area contributed by atoms with Crippen LogP contribution in [0.5, 0.6) is 0 Å². The monoisotopic (exact) mass is 306 g/mol. The number of halogens is 2. The van der Waals surface area contributed by atoms with Crippen LogP contribution in [0.1, 0.15) is 21.5 Å². The number of hydrogen-bond acceptors (Lipinski definition) is 2. The lowest BCUT2D eigenvalue weighted by molar-refractivity contribution is 0.0955. The highest BCUT2D eigenvalue weighted by Gasteiger charge is 2.06. The predicted octanol–water partition coefficient (Wildman–Crippen LogP) is 4.07. The first-order valence-corrected chi connectivity index (χ1v) is 6.67. The van der Waals surface area contributed by atoms with Gasteiger partial charge in [0.1, 0.15) is 0 Å². The molecule has 0 radical (unpaired) electrons. The molecule has 0 atom stereocenters. The van der Waals surface area contributed by atoms with Gasteiger partial charge in [-0.25, -0.2) is 5.43 Å². The molecular weight excluding hydrogens is 295 g/mol. The van der Waals surface area contributed by atoms with Crippen LogP contribution in [-0.2, 0) is 0 Å². The predicted molar refractivity (Wildman–Crippen MR) is 82.7 cm³/mol. The normalized spacial score (nSPS) is 10.8. The summed E-state index contributed by atoms with van der Waals surface area (Å²) in [5, 5.41) is 4.64. The highest BCUT2D eigenvalue weighted by atomic mass is 35.5. The van der Waals surface area contributed by atoms with Crippen molar-refractivity contribution in [2.45, 2.75) is 6.92 Å². The lowest BCUT2D eigenvalue weighted by atomic mass is 10.2. The minimum atomic E-state index is -0.341. The maximum atomic E-state index is 11.8. The van der Waals surface area contributed by atoms with Crippen LogP contribution in [0, 0.1) is 6.92 Å². The molecule has 20 heavy (non-hydrogen) atoms. The van der Waals surface area contributed by atoms with Crippen LogP contribution < -0.4 is 5.43 Å². The summed E-state index contributed by atoms with van der Waals surface area (Å²) in [5.41, 5.74) is 4.92. The van der Waals surface area contributed by atoms with Gasteiger partial charge in [0.05, 0.1) is 16.3 Å². The number of hydrazone groups is 1. The number of benzene rings is 2. The molecule has 0 spiro atoms. The van der Waals surface area contributed by atoms with Crippen molar-refractivity contribution in [3.05, 3.63) is 69.2 Å². The van der Waals surface area contributed by atoms with Gasteiger partial charge in [-0.1, -0.05) is 53.0 Å². The van der Waals surface area contributed by atoms with Crippen molar-refractivity contribution in [2.75, 3.05) is 0 Å². The Kier molecular flexibility index (Phi) is 4.77. The fourth-order valence-electron chi connectivity index (χ4n) is 1.52. The van der Waals surface area contributed by atoms with Gasteiger partial charge in [-0.15, -0.1) is 0 Å². The topological polar surface area (TPSA) is 41.5 Å². The third-order valence-corrected chi connectivity index (χ3v) is 3.38. The number of hydrogen-bond donors (Lipinski definition) is 1. The zero-order chi connectivity index (χ0) is 14.5. The van der Waals surface area contributed by atoms with E-state index in [0.29, 0.717) is 15.6 Å². The Labute approximate surface area is 127 Å². The maximum absolute atomic E-state index is 11.8. The molecule has 0 saturated heterocycles. The Morgan fingerprint density at radius 2 is 1.80 bits per heavy atom. The van der Waals surface area contributed by atoms with Crippen LogP contribution in [0.4, 0.5) is 0 Å². The van der Waals surface area contributed by atoms with Crippen molar-refractivity contribution in [1.82, 2.24) is 5.43 Å². The van der Waals surface area contributed by atoms with Gasteiger partial charge < -0.3 is 0 Å². The first kappa shape index (κ1) is 14.6. The number of carbonyl (C=O) groups is 1. The van der Waals surface area contributed by atoms with E-state index in [-0.39, 0.29) is 5.91 Å². The van der Waals surface area contributed by atoms with E-state index in [9.17, 15) is 4.79 Å². The van der Waals surface area contributed by atoms with E-state index < -0.39 is 0 Å². The van der Waals surface area contributed by atoms with Gasteiger partial charge in [-0.05, 0) is 30.7 Å². The van der Waals surface area contributed by atoms with Gasteiger partial charge in [0.25, 0.3) is 5.91 Å². The zero-order valence-electron chi connectivity index (χ0n) is 10.7. The molecule has 0 aliphatic carbocycles. The molecule has 0 aromatic heterocycles. The second-order valence-electron chi connectivity index (χ2n) is 4.24. The lowest BCUT2D eigenvalue weighted by Crippen LogP contribution is -2.17. The molecule has 0 unspecified atom stereocenters. The van der Waals surface area contributed by atoms with Crippen LogP contribution in [0.15, 0.2) is 47.6 Å². The van der Waals surface area contributed by atoms with E-state index in [2.05, 4.69) is 10.5 Å². The van der Waals surface area contributed by atoms with Crippen molar-refractivity contribution >= 4 is 35.3 Å². The van der Waals surface area contributed by atoms with Gasteiger partial charge >= 0.3 is 0 Å². The Morgan fingerprint density at radius 1 is 1.10 bits per heavy atom. The molecule has 2 aromatic carbocycles. The second-order valence-corrected chi connectivity index (χ2v) is 5.05. The number of nitrogens with zero attached hydrogens (tertiary/aromatic N) is 1. The third kappa shape index (κ3) is 3.83. The molecule has 0 aliphatic rings. The van der Waals surface area contributed by atoms with E-state index in [1.807, 2.05) is 31.2 Å². The molecule has 2 aromatic rings. The van der Waals surface area contributed by atoms with E-state index in [1.54, 1.807) is 18.3 Å². The van der Waals surface area contributed by atoms with Gasteiger partial charge in [0.2, 0.25) is 0 Å². The molecule has 3 nitrogen and oxygen atoms in total. The Morgan fingerprint density at radius 3 is 2.45 bits per heavy atom. The molecule has 0 aliphatic heterocycles. The summed E-state index contributed by atoms with van der Waals surface area (Å²) in [6.45, 7) is 2.01. The smallest absolute Gasteiger partial charge is 0.267 e. The van der Waals surface area contributed by atoms with Crippen LogP contribution in [0.2, 0.25) is 10.0 Å². The average molecular weight is 307 g/mol. The summed E-state index contributed by atoms with van der Waals surface area (Å²) in [6.07, 6.45) is 1.58. The maximum Gasteiger partial charge on any atom is 0.271 e. The van der Waals surface area contributed by atoms with E-state index in [4.69, 9.17) is 23.2 Å². The molecule has 0 saturated carbocycles. The summed E-state index contributed by atoms with van der Waals surface area (Å²) < 4.78 is 0. The molecule has 5 heteroatoms. The molecular formula is C15H12Cl2N2O. The lowest BCUT2D eigenvalue weighted by Gasteiger charge is -2.01. The van der Waals surface area contributed by atoms with Crippen LogP contribution in [0.25, 0.3) is 0 Å². The Balaban J connectivity index is 2.01. The number of aryl methyl sites for hydroxylation is 1. The number of amides is 1.